The van der Waals surface area contributed by atoms with E-state index in [2.05, 4.69) is 5.32 Å². The molecular weight excluding hydrogens is 276 g/mol. The number of benzene rings is 2. The first-order valence-corrected chi connectivity index (χ1v) is 6.40. The molecule has 0 aromatic heterocycles. The number of amides is 1. The van der Waals surface area contributed by atoms with Gasteiger partial charge in [0.05, 0.1) is 23.4 Å². The summed E-state index contributed by atoms with van der Waals surface area (Å²) < 4.78 is 5.12. The monoisotopic (exact) mass is 290 g/mol. The van der Waals surface area contributed by atoms with Gasteiger partial charge in [0.2, 0.25) is 0 Å². The van der Waals surface area contributed by atoms with Crippen molar-refractivity contribution in [2.24, 2.45) is 0 Å². The van der Waals surface area contributed by atoms with E-state index in [0.717, 1.165) is 11.3 Å². The highest BCUT2D eigenvalue weighted by molar-refractivity contribution is 6.36. The predicted molar refractivity (Wildman–Crippen MR) is 81.5 cm³/mol. The van der Waals surface area contributed by atoms with Crippen molar-refractivity contribution in [1.29, 1.82) is 0 Å². The van der Waals surface area contributed by atoms with Gasteiger partial charge in [-0.25, -0.2) is 0 Å². The third kappa shape index (κ3) is 2.86. The van der Waals surface area contributed by atoms with Crippen LogP contribution < -0.4 is 15.8 Å². The molecule has 104 valence electrons. The zero-order chi connectivity index (χ0) is 14.7. The summed E-state index contributed by atoms with van der Waals surface area (Å²) in [6, 6.07) is 10.4. The van der Waals surface area contributed by atoms with Crippen molar-refractivity contribution >= 4 is 28.9 Å². The molecule has 5 heteroatoms. The van der Waals surface area contributed by atoms with Gasteiger partial charge in [-0.1, -0.05) is 17.7 Å². The number of rotatable bonds is 3. The molecule has 0 unspecified atom stereocenters. The molecule has 0 heterocycles. The van der Waals surface area contributed by atoms with Crippen molar-refractivity contribution in [2.45, 2.75) is 6.92 Å². The number of nitrogen functional groups attached to an aromatic ring is 1. The molecule has 0 aliphatic rings. The van der Waals surface area contributed by atoms with Crippen LogP contribution in [-0.2, 0) is 0 Å². The molecule has 0 radical (unpaired) electrons. The number of carbonyl (C=O) groups is 1. The van der Waals surface area contributed by atoms with Crippen molar-refractivity contribution in [3.8, 4) is 5.75 Å². The molecule has 0 spiro atoms. The molecule has 0 aliphatic heterocycles. The minimum Gasteiger partial charge on any atom is -0.497 e. The Morgan fingerprint density at radius 2 is 2.05 bits per heavy atom. The maximum Gasteiger partial charge on any atom is 0.257 e. The van der Waals surface area contributed by atoms with E-state index in [1.54, 1.807) is 37.4 Å². The molecule has 1 amide bonds. The number of hydrogen-bond donors (Lipinski definition) is 2. The number of aryl methyl sites for hydroxylation is 1. The van der Waals surface area contributed by atoms with Crippen molar-refractivity contribution in [3.63, 3.8) is 0 Å². The van der Waals surface area contributed by atoms with Crippen LogP contribution in [0.4, 0.5) is 11.4 Å². The first-order valence-electron chi connectivity index (χ1n) is 6.03. The van der Waals surface area contributed by atoms with Gasteiger partial charge in [0.1, 0.15) is 5.75 Å². The molecule has 20 heavy (non-hydrogen) atoms. The van der Waals surface area contributed by atoms with Gasteiger partial charge in [0.15, 0.2) is 0 Å². The highest BCUT2D eigenvalue weighted by Crippen LogP contribution is 2.25. The summed E-state index contributed by atoms with van der Waals surface area (Å²) in [6.07, 6.45) is 0. The zero-order valence-electron chi connectivity index (χ0n) is 11.2. The van der Waals surface area contributed by atoms with Crippen LogP contribution in [0.25, 0.3) is 0 Å². The Morgan fingerprint density at radius 3 is 2.70 bits per heavy atom. The van der Waals surface area contributed by atoms with Crippen molar-refractivity contribution in [2.75, 3.05) is 18.2 Å². The van der Waals surface area contributed by atoms with Gasteiger partial charge >= 0.3 is 0 Å². The Labute approximate surface area is 122 Å². The van der Waals surface area contributed by atoms with E-state index in [-0.39, 0.29) is 10.9 Å². The molecule has 0 saturated heterocycles. The maximum absolute atomic E-state index is 12.2. The number of anilines is 2. The fraction of sp³-hybridized carbons (Fsp3) is 0.133. The molecular formula is C15H15ClN2O2. The lowest BCUT2D eigenvalue weighted by atomic mass is 10.1. The zero-order valence-corrected chi connectivity index (χ0v) is 12.0. The molecule has 2 aromatic carbocycles. The van der Waals surface area contributed by atoms with Crippen LogP contribution in [0, 0.1) is 6.92 Å². The predicted octanol–water partition coefficient (Wildman–Crippen LogP) is 3.49. The van der Waals surface area contributed by atoms with E-state index in [4.69, 9.17) is 22.1 Å². The van der Waals surface area contributed by atoms with Gasteiger partial charge in [0.25, 0.3) is 5.91 Å². The topological polar surface area (TPSA) is 64.3 Å². The van der Waals surface area contributed by atoms with Gasteiger partial charge < -0.3 is 15.8 Å². The van der Waals surface area contributed by atoms with Gasteiger partial charge in [-0.05, 0) is 42.8 Å². The van der Waals surface area contributed by atoms with E-state index in [9.17, 15) is 4.79 Å². The standard InChI is InChI=1S/C15H15ClN2O2/c1-9-8-10(20-2)6-7-13(9)18-15(19)11-4-3-5-12(17)14(11)16/h3-8H,17H2,1-2H3,(H,18,19). The van der Waals surface area contributed by atoms with E-state index in [0.29, 0.717) is 16.9 Å². The summed E-state index contributed by atoms with van der Waals surface area (Å²) in [5, 5.41) is 3.07. The summed E-state index contributed by atoms with van der Waals surface area (Å²) in [4.78, 5) is 12.2. The number of ether oxygens (including phenoxy) is 1. The Balaban J connectivity index is 2.26. The number of carbonyl (C=O) groups excluding carboxylic acids is 1. The van der Waals surface area contributed by atoms with Crippen LogP contribution in [0.5, 0.6) is 5.75 Å². The molecule has 3 N–H and O–H groups in total. The van der Waals surface area contributed by atoms with Crippen LogP contribution in [0.3, 0.4) is 0 Å². The van der Waals surface area contributed by atoms with Crippen LogP contribution >= 0.6 is 11.6 Å². The molecule has 0 saturated carbocycles. The minimum absolute atomic E-state index is 0.260. The van der Waals surface area contributed by atoms with Crippen LogP contribution in [0.15, 0.2) is 36.4 Å². The third-order valence-corrected chi connectivity index (χ3v) is 3.38. The molecule has 2 aromatic rings. The van der Waals surface area contributed by atoms with E-state index >= 15 is 0 Å². The number of halogens is 1. The van der Waals surface area contributed by atoms with Gasteiger partial charge in [-0.15, -0.1) is 0 Å². The average molecular weight is 291 g/mol. The van der Waals surface area contributed by atoms with Crippen molar-refractivity contribution in [1.82, 2.24) is 0 Å². The van der Waals surface area contributed by atoms with Crippen LogP contribution in [-0.4, -0.2) is 13.0 Å². The summed E-state index contributed by atoms with van der Waals surface area (Å²) in [5.41, 5.74) is 8.02. The lowest BCUT2D eigenvalue weighted by Gasteiger charge is -2.11. The summed E-state index contributed by atoms with van der Waals surface area (Å²) in [6.45, 7) is 1.89. The minimum atomic E-state index is -0.296. The molecule has 0 aliphatic carbocycles. The molecule has 0 bridgehead atoms. The normalized spacial score (nSPS) is 10.2. The van der Waals surface area contributed by atoms with Crippen molar-refractivity contribution < 1.29 is 9.53 Å². The fourth-order valence-electron chi connectivity index (χ4n) is 1.82. The smallest absolute Gasteiger partial charge is 0.257 e. The number of nitrogens with one attached hydrogen (secondary N) is 1. The average Bonchev–Trinajstić information content (AvgIpc) is 2.44. The second kappa shape index (κ2) is 5.84. The highest BCUT2D eigenvalue weighted by atomic mass is 35.5. The quantitative estimate of drug-likeness (QED) is 0.851. The Bertz CT molecular complexity index is 656. The second-order valence-corrected chi connectivity index (χ2v) is 4.72. The highest BCUT2D eigenvalue weighted by Gasteiger charge is 2.13. The van der Waals surface area contributed by atoms with Gasteiger partial charge in [-0.3, -0.25) is 4.79 Å². The third-order valence-electron chi connectivity index (χ3n) is 2.95. The Kier molecular flexibility index (Phi) is 4.15. The Hall–Kier alpha value is -2.20. The van der Waals surface area contributed by atoms with Gasteiger partial charge in [-0.2, -0.15) is 0 Å². The number of methoxy groups -OCH3 is 1. The lowest BCUT2D eigenvalue weighted by Crippen LogP contribution is -2.13. The van der Waals surface area contributed by atoms with Crippen LogP contribution in [0.1, 0.15) is 15.9 Å². The summed E-state index contributed by atoms with van der Waals surface area (Å²) >= 11 is 6.04. The fourth-order valence-corrected chi connectivity index (χ4v) is 2.03. The summed E-state index contributed by atoms with van der Waals surface area (Å²) in [7, 11) is 1.60. The maximum atomic E-state index is 12.2. The first kappa shape index (κ1) is 14.2. The molecule has 2 rings (SSSR count). The molecule has 0 atom stereocenters. The van der Waals surface area contributed by atoms with Crippen LogP contribution in [0.2, 0.25) is 5.02 Å². The molecule has 4 nitrogen and oxygen atoms in total. The van der Waals surface area contributed by atoms with E-state index < -0.39 is 0 Å². The van der Waals surface area contributed by atoms with E-state index in [1.165, 1.54) is 0 Å². The molecule has 0 fully saturated rings. The van der Waals surface area contributed by atoms with E-state index in [1.807, 2.05) is 13.0 Å². The lowest BCUT2D eigenvalue weighted by molar-refractivity contribution is 0.102. The largest absolute Gasteiger partial charge is 0.497 e. The first-order chi connectivity index (χ1) is 9.52. The van der Waals surface area contributed by atoms with Gasteiger partial charge in [0, 0.05) is 5.69 Å². The second-order valence-electron chi connectivity index (χ2n) is 4.34. The Morgan fingerprint density at radius 1 is 1.30 bits per heavy atom. The SMILES string of the molecule is COc1ccc(NC(=O)c2cccc(N)c2Cl)c(C)c1. The number of hydrogen-bond acceptors (Lipinski definition) is 3. The summed E-state index contributed by atoms with van der Waals surface area (Å²) in [5.74, 6) is 0.443. The number of nitrogens with two attached hydrogens (primary N) is 1. The van der Waals surface area contributed by atoms with Crippen molar-refractivity contribution in [3.05, 3.63) is 52.5 Å².